The maximum atomic E-state index is 13.1. The zero-order chi connectivity index (χ0) is 15.3. The second-order valence-corrected chi connectivity index (χ2v) is 7.70. The summed E-state index contributed by atoms with van der Waals surface area (Å²) in [5.41, 5.74) is 0. The number of ether oxygens (including phenoxy) is 1. The topological polar surface area (TPSA) is 71.5 Å². The summed E-state index contributed by atoms with van der Waals surface area (Å²) in [6.45, 7) is 2.03. The second-order valence-electron chi connectivity index (χ2n) is 5.79. The Balaban J connectivity index is 1.86. The molecule has 2 saturated heterocycles. The van der Waals surface area contributed by atoms with Gasteiger partial charge in [0.15, 0.2) is 0 Å². The summed E-state index contributed by atoms with van der Waals surface area (Å²) >= 11 is 0. The highest BCUT2D eigenvalue weighted by molar-refractivity contribution is 7.89. The summed E-state index contributed by atoms with van der Waals surface area (Å²) in [6, 6.07) is 5.54. The number of sulfonamides is 1. The molecule has 0 amide bonds. The normalized spacial score (nSPS) is 25.0. The van der Waals surface area contributed by atoms with Gasteiger partial charge in [0.2, 0.25) is 10.0 Å². The van der Waals surface area contributed by atoms with Crippen LogP contribution in [0.15, 0.2) is 35.5 Å². The lowest BCUT2D eigenvalue weighted by molar-refractivity contribution is 0.297. The highest BCUT2D eigenvalue weighted by atomic mass is 32.2. The Morgan fingerprint density at radius 3 is 2.82 bits per heavy atom. The van der Waals surface area contributed by atoms with Crippen molar-refractivity contribution in [3.63, 3.8) is 0 Å². The number of methoxy groups -OCH3 is 1. The molecule has 4 rings (SSSR count). The van der Waals surface area contributed by atoms with Crippen LogP contribution in [0.2, 0.25) is 0 Å². The zero-order valence-corrected chi connectivity index (χ0v) is 13.0. The van der Waals surface area contributed by atoms with Gasteiger partial charge < -0.3 is 10.1 Å². The first-order valence-corrected chi connectivity index (χ1v) is 8.69. The molecule has 0 unspecified atom stereocenters. The lowest BCUT2D eigenvalue weighted by atomic mass is 9.96. The summed E-state index contributed by atoms with van der Waals surface area (Å²) in [7, 11) is -2.01. The average molecular weight is 319 g/mol. The molecule has 7 heteroatoms. The van der Waals surface area contributed by atoms with Crippen molar-refractivity contribution < 1.29 is 13.2 Å². The van der Waals surface area contributed by atoms with Gasteiger partial charge in [-0.15, -0.1) is 0 Å². The van der Waals surface area contributed by atoms with Crippen LogP contribution >= 0.6 is 0 Å². The van der Waals surface area contributed by atoms with Crippen LogP contribution in [0.3, 0.4) is 0 Å². The predicted molar refractivity (Wildman–Crippen MR) is 82.3 cm³/mol. The molecule has 3 heterocycles. The first kappa shape index (κ1) is 13.9. The summed E-state index contributed by atoms with van der Waals surface area (Å²) in [4.78, 5) is 4.39. The van der Waals surface area contributed by atoms with Crippen LogP contribution in [0.1, 0.15) is 0 Å². The number of nitrogens with one attached hydrogen (secondary N) is 1. The third-order valence-electron chi connectivity index (χ3n) is 4.60. The van der Waals surface area contributed by atoms with E-state index in [2.05, 4.69) is 10.3 Å². The predicted octanol–water partition coefficient (Wildman–Crippen LogP) is 0.836. The lowest BCUT2D eigenvalue weighted by Crippen LogP contribution is -2.51. The number of rotatable bonds is 3. The van der Waals surface area contributed by atoms with Gasteiger partial charge in [-0.1, -0.05) is 12.1 Å². The number of benzene rings is 1. The molecule has 116 valence electrons. The smallest absolute Gasteiger partial charge is 0.243 e. The van der Waals surface area contributed by atoms with Gasteiger partial charge in [0.1, 0.15) is 5.75 Å². The van der Waals surface area contributed by atoms with Gasteiger partial charge >= 0.3 is 0 Å². The Labute approximate surface area is 129 Å². The van der Waals surface area contributed by atoms with Gasteiger partial charge in [0, 0.05) is 48.6 Å². The molecule has 6 nitrogen and oxygen atoms in total. The summed E-state index contributed by atoms with van der Waals surface area (Å²) in [5.74, 6) is 0.922. The van der Waals surface area contributed by atoms with Crippen LogP contribution in [0.4, 0.5) is 0 Å². The van der Waals surface area contributed by atoms with E-state index in [1.165, 1.54) is 7.11 Å². The SMILES string of the molecule is COc1cncc2cccc(S(=O)(=O)N3C[C@H]4CN[C@H]4C3)c12. The average Bonchev–Trinajstić information content (AvgIpc) is 2.81. The molecule has 0 bridgehead atoms. The number of aromatic nitrogens is 1. The number of pyridine rings is 1. The first-order valence-electron chi connectivity index (χ1n) is 7.25. The fourth-order valence-electron chi connectivity index (χ4n) is 3.29. The van der Waals surface area contributed by atoms with E-state index in [4.69, 9.17) is 4.74 Å². The summed E-state index contributed by atoms with van der Waals surface area (Å²) in [6.07, 6.45) is 3.21. The summed E-state index contributed by atoms with van der Waals surface area (Å²) in [5, 5.41) is 4.65. The molecule has 0 radical (unpaired) electrons. The Morgan fingerprint density at radius 1 is 1.32 bits per heavy atom. The van der Waals surface area contributed by atoms with Crippen molar-refractivity contribution in [2.45, 2.75) is 10.9 Å². The van der Waals surface area contributed by atoms with Gasteiger partial charge in [-0.2, -0.15) is 4.31 Å². The van der Waals surface area contributed by atoms with Crippen LogP contribution in [-0.2, 0) is 10.0 Å². The molecule has 1 N–H and O–H groups in total. The molecule has 2 fully saturated rings. The second kappa shape index (κ2) is 4.91. The third kappa shape index (κ3) is 1.93. The van der Waals surface area contributed by atoms with E-state index in [0.717, 1.165) is 11.9 Å². The van der Waals surface area contributed by atoms with Crippen molar-refractivity contribution in [3.05, 3.63) is 30.6 Å². The minimum Gasteiger partial charge on any atom is -0.494 e. The fraction of sp³-hybridized carbons (Fsp3) is 0.400. The Bertz CT molecular complexity index is 820. The van der Waals surface area contributed by atoms with Crippen molar-refractivity contribution in [1.82, 2.24) is 14.6 Å². The minimum atomic E-state index is -3.54. The van der Waals surface area contributed by atoms with E-state index in [-0.39, 0.29) is 0 Å². The molecular weight excluding hydrogens is 302 g/mol. The zero-order valence-electron chi connectivity index (χ0n) is 12.2. The van der Waals surface area contributed by atoms with Crippen LogP contribution in [0.25, 0.3) is 10.8 Å². The molecule has 0 aliphatic carbocycles. The first-order chi connectivity index (χ1) is 10.6. The molecule has 1 aromatic heterocycles. The molecule has 2 aliphatic rings. The molecule has 0 spiro atoms. The van der Waals surface area contributed by atoms with Crippen molar-refractivity contribution >= 4 is 20.8 Å². The highest BCUT2D eigenvalue weighted by Crippen LogP contribution is 2.35. The molecule has 22 heavy (non-hydrogen) atoms. The third-order valence-corrected chi connectivity index (χ3v) is 6.47. The number of fused-ring (bicyclic) bond motifs is 2. The van der Waals surface area contributed by atoms with Crippen molar-refractivity contribution in [2.75, 3.05) is 26.7 Å². The monoisotopic (exact) mass is 319 g/mol. The van der Waals surface area contributed by atoms with Crippen molar-refractivity contribution in [2.24, 2.45) is 5.92 Å². The molecular formula is C15H17N3O3S. The van der Waals surface area contributed by atoms with E-state index < -0.39 is 10.0 Å². The van der Waals surface area contributed by atoms with E-state index in [1.807, 2.05) is 6.07 Å². The fourth-order valence-corrected chi connectivity index (χ4v) is 5.04. The Hall–Kier alpha value is -1.70. The van der Waals surface area contributed by atoms with Gasteiger partial charge in [-0.25, -0.2) is 8.42 Å². The number of hydrogen-bond acceptors (Lipinski definition) is 5. The van der Waals surface area contributed by atoms with Crippen LogP contribution < -0.4 is 10.1 Å². The standard InChI is InChI=1S/C15H17N3O3S/c1-21-13-7-16-5-10-3-2-4-14(15(10)13)22(19,20)18-8-11-6-17-12(11)9-18/h2-5,7,11-12,17H,6,8-9H2,1H3/t11-,12+/m1/s1. The molecule has 1 aromatic carbocycles. The van der Waals surface area contributed by atoms with Gasteiger partial charge in [-0.05, 0) is 6.07 Å². The lowest BCUT2D eigenvalue weighted by Gasteiger charge is -2.30. The quantitative estimate of drug-likeness (QED) is 0.907. The maximum Gasteiger partial charge on any atom is 0.243 e. The maximum absolute atomic E-state index is 13.1. The van der Waals surface area contributed by atoms with Gasteiger partial charge in [0.25, 0.3) is 0 Å². The highest BCUT2D eigenvalue weighted by Gasteiger charge is 2.44. The van der Waals surface area contributed by atoms with Crippen molar-refractivity contribution in [1.29, 1.82) is 0 Å². The number of hydrogen-bond donors (Lipinski definition) is 1. The molecule has 2 atom stereocenters. The van der Waals surface area contributed by atoms with E-state index in [1.54, 1.807) is 28.8 Å². The van der Waals surface area contributed by atoms with E-state index in [0.29, 0.717) is 41.1 Å². The Morgan fingerprint density at radius 2 is 2.18 bits per heavy atom. The van der Waals surface area contributed by atoms with Crippen LogP contribution in [0.5, 0.6) is 5.75 Å². The largest absolute Gasteiger partial charge is 0.494 e. The van der Waals surface area contributed by atoms with Crippen LogP contribution in [0, 0.1) is 5.92 Å². The minimum absolute atomic E-state index is 0.297. The molecule has 2 aliphatic heterocycles. The van der Waals surface area contributed by atoms with E-state index in [9.17, 15) is 8.42 Å². The van der Waals surface area contributed by atoms with E-state index >= 15 is 0 Å². The molecule has 2 aromatic rings. The Kier molecular flexibility index (Phi) is 3.11. The van der Waals surface area contributed by atoms with Gasteiger partial charge in [-0.3, -0.25) is 4.98 Å². The van der Waals surface area contributed by atoms with Gasteiger partial charge in [0.05, 0.1) is 18.2 Å². The number of nitrogens with zero attached hydrogens (tertiary/aromatic N) is 2. The van der Waals surface area contributed by atoms with Crippen LogP contribution in [-0.4, -0.2) is 50.5 Å². The van der Waals surface area contributed by atoms with Crippen molar-refractivity contribution in [3.8, 4) is 5.75 Å². The summed E-state index contributed by atoms with van der Waals surface area (Å²) < 4.78 is 33.0. The molecule has 0 saturated carbocycles.